The Morgan fingerprint density at radius 1 is 0.944 bits per heavy atom. The van der Waals surface area contributed by atoms with Gasteiger partial charge in [-0.3, -0.25) is 0 Å². The first-order valence-corrected chi connectivity index (χ1v) is 7.25. The van der Waals surface area contributed by atoms with Gasteiger partial charge in [0, 0.05) is 10.9 Å². The van der Waals surface area contributed by atoms with E-state index in [-0.39, 0.29) is 0 Å². The first-order valence-electron chi connectivity index (χ1n) is 6.13. The number of rotatable bonds is 4. The van der Waals surface area contributed by atoms with Crippen LogP contribution in [0.5, 0.6) is 11.5 Å². The van der Waals surface area contributed by atoms with E-state index in [1.54, 1.807) is 0 Å². The highest BCUT2D eigenvalue weighted by Gasteiger charge is 2.09. The zero-order valence-electron chi connectivity index (χ0n) is 10.7. The van der Waals surface area contributed by atoms with E-state index in [4.69, 9.17) is 4.74 Å². The first-order chi connectivity index (χ1) is 8.72. The summed E-state index contributed by atoms with van der Waals surface area (Å²) in [6.07, 6.45) is 0. The van der Waals surface area contributed by atoms with E-state index in [1.165, 1.54) is 5.56 Å². The van der Waals surface area contributed by atoms with E-state index in [1.807, 2.05) is 30.3 Å². The van der Waals surface area contributed by atoms with Crippen LogP contribution < -0.4 is 4.74 Å². The summed E-state index contributed by atoms with van der Waals surface area (Å²) in [4.78, 5) is 0. The van der Waals surface area contributed by atoms with Crippen LogP contribution in [0.3, 0.4) is 0 Å². The fourth-order valence-corrected chi connectivity index (χ4v) is 2.35. The summed E-state index contributed by atoms with van der Waals surface area (Å²) in [5, 5.41) is 0.799. The maximum Gasteiger partial charge on any atom is 0.131 e. The molecule has 2 aromatic rings. The van der Waals surface area contributed by atoms with Gasteiger partial charge in [0.15, 0.2) is 0 Å². The van der Waals surface area contributed by atoms with Gasteiger partial charge in [-0.1, -0.05) is 66.2 Å². The van der Waals surface area contributed by atoms with E-state index >= 15 is 0 Å². The van der Waals surface area contributed by atoms with Crippen LogP contribution >= 0.6 is 15.9 Å². The molecule has 0 bridgehead atoms. The van der Waals surface area contributed by atoms with Crippen LogP contribution in [0.1, 0.15) is 30.9 Å². The van der Waals surface area contributed by atoms with Crippen molar-refractivity contribution in [3.8, 4) is 11.5 Å². The van der Waals surface area contributed by atoms with Gasteiger partial charge in [-0.2, -0.15) is 0 Å². The zero-order valence-corrected chi connectivity index (χ0v) is 12.3. The number of hydrogen-bond donors (Lipinski definition) is 0. The molecule has 18 heavy (non-hydrogen) atoms. The van der Waals surface area contributed by atoms with Crippen molar-refractivity contribution in [2.45, 2.75) is 25.1 Å². The molecule has 0 aliphatic rings. The summed E-state index contributed by atoms with van der Waals surface area (Å²) in [6.45, 7) is 4.36. The van der Waals surface area contributed by atoms with E-state index in [0.717, 1.165) is 22.4 Å². The Morgan fingerprint density at radius 3 is 2.22 bits per heavy atom. The third-order valence-electron chi connectivity index (χ3n) is 2.88. The minimum atomic E-state index is 0.456. The molecule has 0 heterocycles. The molecular formula is C16H17BrO. The summed E-state index contributed by atoms with van der Waals surface area (Å²) in [7, 11) is 0. The predicted molar refractivity (Wildman–Crippen MR) is 79.7 cm³/mol. The fraction of sp³-hybridized carbons (Fsp3) is 0.250. The van der Waals surface area contributed by atoms with Gasteiger partial charge < -0.3 is 4.74 Å². The predicted octanol–water partition coefficient (Wildman–Crippen LogP) is 5.50. The van der Waals surface area contributed by atoms with Crippen LogP contribution in [0.25, 0.3) is 0 Å². The van der Waals surface area contributed by atoms with Crippen LogP contribution in [0.15, 0.2) is 48.5 Å². The lowest BCUT2D eigenvalue weighted by molar-refractivity contribution is 0.469. The van der Waals surface area contributed by atoms with Crippen molar-refractivity contribution in [3.63, 3.8) is 0 Å². The second-order valence-electron chi connectivity index (χ2n) is 4.54. The molecule has 0 aromatic heterocycles. The van der Waals surface area contributed by atoms with Crippen LogP contribution in [-0.4, -0.2) is 0 Å². The third kappa shape index (κ3) is 2.94. The molecule has 0 radical (unpaired) electrons. The molecule has 0 amide bonds. The lowest BCUT2D eigenvalue weighted by Gasteiger charge is -2.15. The maximum atomic E-state index is 6.06. The van der Waals surface area contributed by atoms with E-state index in [2.05, 4.69) is 48.0 Å². The molecule has 2 heteroatoms. The van der Waals surface area contributed by atoms with Crippen molar-refractivity contribution in [2.75, 3.05) is 0 Å². The smallest absolute Gasteiger partial charge is 0.131 e. The standard InChI is InChI=1S/C16H17BrO/c1-12(2)14-8-4-6-10-16(14)18-15-9-5-3-7-13(15)11-17/h3-10,12H,11H2,1-2H3. The highest BCUT2D eigenvalue weighted by molar-refractivity contribution is 9.08. The monoisotopic (exact) mass is 304 g/mol. The van der Waals surface area contributed by atoms with Crippen molar-refractivity contribution in [1.29, 1.82) is 0 Å². The van der Waals surface area contributed by atoms with Crippen LogP contribution in [0.4, 0.5) is 0 Å². The van der Waals surface area contributed by atoms with Gasteiger partial charge in [0.1, 0.15) is 11.5 Å². The van der Waals surface area contributed by atoms with Crippen molar-refractivity contribution >= 4 is 15.9 Å². The zero-order chi connectivity index (χ0) is 13.0. The van der Waals surface area contributed by atoms with Gasteiger partial charge in [-0.05, 0) is 23.6 Å². The molecule has 94 valence electrons. The topological polar surface area (TPSA) is 9.23 Å². The fourth-order valence-electron chi connectivity index (χ4n) is 1.88. The molecule has 0 saturated carbocycles. The SMILES string of the molecule is CC(C)c1ccccc1Oc1ccccc1CBr. The second-order valence-corrected chi connectivity index (χ2v) is 5.10. The minimum Gasteiger partial charge on any atom is -0.457 e. The molecule has 0 unspecified atom stereocenters. The van der Waals surface area contributed by atoms with Gasteiger partial charge in [0.2, 0.25) is 0 Å². The summed E-state index contributed by atoms with van der Waals surface area (Å²) in [6, 6.07) is 16.3. The molecule has 2 aromatic carbocycles. The molecule has 2 rings (SSSR count). The van der Waals surface area contributed by atoms with E-state index in [0.29, 0.717) is 5.92 Å². The molecule has 0 atom stereocenters. The van der Waals surface area contributed by atoms with Gasteiger partial charge in [-0.15, -0.1) is 0 Å². The Balaban J connectivity index is 2.34. The van der Waals surface area contributed by atoms with Crippen molar-refractivity contribution in [1.82, 2.24) is 0 Å². The molecule has 0 aliphatic heterocycles. The number of benzene rings is 2. The first kappa shape index (κ1) is 13.2. The highest BCUT2D eigenvalue weighted by Crippen LogP contribution is 2.32. The van der Waals surface area contributed by atoms with Gasteiger partial charge in [0.05, 0.1) is 0 Å². The molecule has 0 saturated heterocycles. The van der Waals surface area contributed by atoms with Gasteiger partial charge in [-0.25, -0.2) is 0 Å². The summed E-state index contributed by atoms with van der Waals surface area (Å²) in [5.74, 6) is 2.32. The minimum absolute atomic E-state index is 0.456. The normalized spacial score (nSPS) is 10.7. The Bertz CT molecular complexity index is 520. The Labute approximate surface area is 117 Å². The number of ether oxygens (including phenoxy) is 1. The van der Waals surface area contributed by atoms with Crippen LogP contribution in [0, 0.1) is 0 Å². The molecule has 0 fully saturated rings. The average molecular weight is 305 g/mol. The number of alkyl halides is 1. The number of halogens is 1. The summed E-state index contributed by atoms with van der Waals surface area (Å²) < 4.78 is 6.06. The second kappa shape index (κ2) is 6.05. The van der Waals surface area contributed by atoms with Crippen LogP contribution in [-0.2, 0) is 5.33 Å². The van der Waals surface area contributed by atoms with E-state index < -0.39 is 0 Å². The molecule has 0 aliphatic carbocycles. The molecule has 0 N–H and O–H groups in total. The maximum absolute atomic E-state index is 6.06. The number of hydrogen-bond acceptors (Lipinski definition) is 1. The largest absolute Gasteiger partial charge is 0.457 e. The lowest BCUT2D eigenvalue weighted by Crippen LogP contribution is -1.95. The van der Waals surface area contributed by atoms with Crippen molar-refractivity contribution < 1.29 is 4.74 Å². The Morgan fingerprint density at radius 2 is 1.56 bits per heavy atom. The van der Waals surface area contributed by atoms with E-state index in [9.17, 15) is 0 Å². The lowest BCUT2D eigenvalue weighted by atomic mass is 10.0. The highest BCUT2D eigenvalue weighted by atomic mass is 79.9. The Hall–Kier alpha value is -1.28. The molecular weight excluding hydrogens is 288 g/mol. The Kier molecular flexibility index (Phi) is 4.43. The average Bonchev–Trinajstić information content (AvgIpc) is 2.40. The molecule has 0 spiro atoms. The quantitative estimate of drug-likeness (QED) is 0.678. The van der Waals surface area contributed by atoms with Crippen molar-refractivity contribution in [2.24, 2.45) is 0 Å². The molecule has 1 nitrogen and oxygen atoms in total. The van der Waals surface area contributed by atoms with Crippen LogP contribution in [0.2, 0.25) is 0 Å². The van der Waals surface area contributed by atoms with Gasteiger partial charge >= 0.3 is 0 Å². The number of para-hydroxylation sites is 2. The summed E-state index contributed by atoms with van der Waals surface area (Å²) in [5.41, 5.74) is 2.40. The van der Waals surface area contributed by atoms with Gasteiger partial charge in [0.25, 0.3) is 0 Å². The third-order valence-corrected chi connectivity index (χ3v) is 3.48. The van der Waals surface area contributed by atoms with Crippen molar-refractivity contribution in [3.05, 3.63) is 59.7 Å². The summed E-state index contributed by atoms with van der Waals surface area (Å²) >= 11 is 3.49.